The average Bonchev–Trinajstić information content (AvgIpc) is 2.52. The van der Waals surface area contributed by atoms with Crippen LogP contribution in [0, 0.1) is 6.92 Å². The number of hydrogen-bond donors (Lipinski definition) is 0. The first-order valence-corrected chi connectivity index (χ1v) is 8.50. The zero-order chi connectivity index (χ0) is 16.7. The molecule has 3 heterocycles. The molecule has 2 aromatic heterocycles. The second-order valence-electron chi connectivity index (χ2n) is 6.71. The Morgan fingerprint density at radius 3 is 2.92 bits per heavy atom. The molecule has 24 heavy (non-hydrogen) atoms. The summed E-state index contributed by atoms with van der Waals surface area (Å²) in [5, 5.41) is 0. The minimum absolute atomic E-state index is 0.172. The van der Waals surface area contributed by atoms with Crippen LogP contribution >= 0.6 is 0 Å². The van der Waals surface area contributed by atoms with Crippen molar-refractivity contribution in [3.63, 3.8) is 0 Å². The van der Waals surface area contributed by atoms with E-state index in [4.69, 9.17) is 4.42 Å². The first-order chi connectivity index (χ1) is 11.6. The van der Waals surface area contributed by atoms with Crippen LogP contribution in [-0.2, 0) is 13.0 Å². The maximum atomic E-state index is 12.9. The van der Waals surface area contributed by atoms with Crippen LogP contribution in [0.4, 0.5) is 0 Å². The van der Waals surface area contributed by atoms with Gasteiger partial charge >= 0.3 is 5.63 Å². The Kier molecular flexibility index (Phi) is 3.71. The molecule has 0 unspecified atom stereocenters. The van der Waals surface area contributed by atoms with Crippen molar-refractivity contribution in [3.8, 4) is 0 Å². The molecular weight excluding hydrogens is 304 g/mol. The fraction of sp³-hybridized carbons (Fsp3) is 0.421. The number of rotatable bonds is 2. The largest absolute Gasteiger partial charge is 0.427 e. The van der Waals surface area contributed by atoms with Crippen molar-refractivity contribution >= 4 is 5.91 Å². The lowest BCUT2D eigenvalue weighted by molar-refractivity contribution is 0.0727. The lowest BCUT2D eigenvalue weighted by atomic mass is 9.83. The first kappa shape index (κ1) is 15.1. The number of fused-ring (bicyclic) bond motifs is 1. The highest BCUT2D eigenvalue weighted by molar-refractivity contribution is 5.95. The summed E-state index contributed by atoms with van der Waals surface area (Å²) >= 11 is 0. The van der Waals surface area contributed by atoms with Gasteiger partial charge in [-0.1, -0.05) is 12.5 Å². The molecule has 5 heteroatoms. The molecule has 0 radical (unpaired) electrons. The maximum Gasteiger partial charge on any atom is 0.349 e. The Hall–Kier alpha value is -2.43. The Morgan fingerprint density at radius 1 is 1.38 bits per heavy atom. The Balaban J connectivity index is 1.62. The molecule has 5 nitrogen and oxygen atoms in total. The van der Waals surface area contributed by atoms with Crippen LogP contribution in [0.1, 0.15) is 58.1 Å². The van der Waals surface area contributed by atoms with E-state index in [0.717, 1.165) is 35.4 Å². The van der Waals surface area contributed by atoms with E-state index in [1.54, 1.807) is 11.1 Å². The third-order valence-electron chi connectivity index (χ3n) is 5.14. The van der Waals surface area contributed by atoms with E-state index in [1.807, 2.05) is 25.1 Å². The molecule has 0 saturated heterocycles. The second-order valence-corrected chi connectivity index (χ2v) is 6.71. The standard InChI is InChI=1S/C19H20N2O3/c1-12-10-16(13-4-2-5-13)24-19(23)17(12)18(22)21-9-7-15-14(11-21)6-3-8-20-15/h3,6,8,10,13H,2,4-5,7,9,11H2,1H3. The molecule has 1 amide bonds. The Labute approximate surface area is 140 Å². The minimum Gasteiger partial charge on any atom is -0.427 e. The molecule has 0 N–H and O–H groups in total. The van der Waals surface area contributed by atoms with Crippen molar-refractivity contribution in [2.45, 2.75) is 45.1 Å². The fourth-order valence-corrected chi connectivity index (χ4v) is 3.48. The molecule has 124 valence electrons. The Morgan fingerprint density at radius 2 is 2.21 bits per heavy atom. The summed E-state index contributed by atoms with van der Waals surface area (Å²) in [4.78, 5) is 31.3. The molecule has 1 aliphatic heterocycles. The van der Waals surface area contributed by atoms with Crippen molar-refractivity contribution in [3.05, 3.63) is 63.0 Å². The first-order valence-electron chi connectivity index (χ1n) is 8.50. The highest BCUT2D eigenvalue weighted by Crippen LogP contribution is 2.36. The van der Waals surface area contributed by atoms with Crippen LogP contribution in [0.15, 0.2) is 33.6 Å². The predicted molar refractivity (Wildman–Crippen MR) is 89.0 cm³/mol. The topological polar surface area (TPSA) is 63.4 Å². The van der Waals surface area contributed by atoms with Crippen molar-refractivity contribution in [2.24, 2.45) is 0 Å². The number of pyridine rings is 1. The molecule has 1 saturated carbocycles. The zero-order valence-corrected chi connectivity index (χ0v) is 13.7. The molecule has 0 atom stereocenters. The number of carbonyl (C=O) groups is 1. The number of aryl methyl sites for hydroxylation is 1. The van der Waals surface area contributed by atoms with Gasteiger partial charge in [0, 0.05) is 37.3 Å². The Bertz CT molecular complexity index is 852. The van der Waals surface area contributed by atoms with Gasteiger partial charge in [-0.3, -0.25) is 9.78 Å². The molecule has 0 aromatic carbocycles. The van der Waals surface area contributed by atoms with E-state index in [2.05, 4.69) is 4.98 Å². The van der Waals surface area contributed by atoms with Crippen LogP contribution in [0.5, 0.6) is 0 Å². The zero-order valence-electron chi connectivity index (χ0n) is 13.7. The monoisotopic (exact) mass is 324 g/mol. The highest BCUT2D eigenvalue weighted by atomic mass is 16.4. The van der Waals surface area contributed by atoms with Gasteiger partial charge < -0.3 is 9.32 Å². The van der Waals surface area contributed by atoms with E-state index in [1.165, 1.54) is 6.42 Å². The fourth-order valence-electron chi connectivity index (χ4n) is 3.48. The van der Waals surface area contributed by atoms with Crippen LogP contribution in [-0.4, -0.2) is 22.3 Å². The molecule has 2 aliphatic rings. The SMILES string of the molecule is Cc1cc(C2CCC2)oc(=O)c1C(=O)N1CCc2ncccc2C1. The van der Waals surface area contributed by atoms with Gasteiger partial charge in [0.2, 0.25) is 0 Å². The van der Waals surface area contributed by atoms with Crippen LogP contribution < -0.4 is 5.63 Å². The molecule has 2 aromatic rings. The summed E-state index contributed by atoms with van der Waals surface area (Å²) in [6.07, 6.45) is 5.78. The smallest absolute Gasteiger partial charge is 0.349 e. The molecule has 0 bridgehead atoms. The van der Waals surface area contributed by atoms with Gasteiger partial charge in [-0.05, 0) is 43.0 Å². The molecule has 0 spiro atoms. The van der Waals surface area contributed by atoms with E-state index in [0.29, 0.717) is 25.4 Å². The van der Waals surface area contributed by atoms with Gasteiger partial charge in [-0.25, -0.2) is 4.79 Å². The number of nitrogens with zero attached hydrogens (tertiary/aromatic N) is 2. The van der Waals surface area contributed by atoms with Crippen LogP contribution in [0.2, 0.25) is 0 Å². The number of carbonyl (C=O) groups excluding carboxylic acids is 1. The molecule has 4 rings (SSSR count). The molecule has 1 fully saturated rings. The summed E-state index contributed by atoms with van der Waals surface area (Å²) < 4.78 is 5.46. The lowest BCUT2D eigenvalue weighted by Crippen LogP contribution is -2.39. The highest BCUT2D eigenvalue weighted by Gasteiger charge is 2.28. The summed E-state index contributed by atoms with van der Waals surface area (Å²) in [6.45, 7) is 2.89. The quantitative estimate of drug-likeness (QED) is 0.852. The van der Waals surface area contributed by atoms with Gasteiger partial charge in [-0.2, -0.15) is 0 Å². The summed E-state index contributed by atoms with van der Waals surface area (Å²) in [7, 11) is 0. The summed E-state index contributed by atoms with van der Waals surface area (Å²) in [5.41, 5.74) is 2.47. The van der Waals surface area contributed by atoms with Gasteiger partial charge in [0.25, 0.3) is 5.91 Å². The lowest BCUT2D eigenvalue weighted by Gasteiger charge is -2.28. The second kappa shape index (κ2) is 5.89. The molecule has 1 aliphatic carbocycles. The van der Waals surface area contributed by atoms with E-state index >= 15 is 0 Å². The van der Waals surface area contributed by atoms with Crippen molar-refractivity contribution < 1.29 is 9.21 Å². The van der Waals surface area contributed by atoms with E-state index < -0.39 is 5.63 Å². The predicted octanol–water partition coefficient (Wildman–Crippen LogP) is 2.81. The van der Waals surface area contributed by atoms with Crippen LogP contribution in [0.3, 0.4) is 0 Å². The third kappa shape index (κ3) is 2.54. The summed E-state index contributed by atoms with van der Waals surface area (Å²) in [5.74, 6) is 0.831. The maximum absolute atomic E-state index is 12.9. The number of amides is 1. The van der Waals surface area contributed by atoms with Crippen molar-refractivity contribution in [1.29, 1.82) is 0 Å². The summed E-state index contributed by atoms with van der Waals surface area (Å²) in [6, 6.07) is 5.73. The third-order valence-corrected chi connectivity index (χ3v) is 5.14. The van der Waals surface area contributed by atoms with E-state index in [-0.39, 0.29) is 11.5 Å². The van der Waals surface area contributed by atoms with Gasteiger partial charge in [-0.15, -0.1) is 0 Å². The van der Waals surface area contributed by atoms with Gasteiger partial charge in [0.15, 0.2) is 0 Å². The number of hydrogen-bond acceptors (Lipinski definition) is 4. The average molecular weight is 324 g/mol. The minimum atomic E-state index is -0.501. The van der Waals surface area contributed by atoms with E-state index in [9.17, 15) is 9.59 Å². The van der Waals surface area contributed by atoms with Gasteiger partial charge in [0.1, 0.15) is 11.3 Å². The van der Waals surface area contributed by atoms with Crippen LogP contribution in [0.25, 0.3) is 0 Å². The van der Waals surface area contributed by atoms with Gasteiger partial charge in [0.05, 0.1) is 0 Å². The van der Waals surface area contributed by atoms with Crippen molar-refractivity contribution in [1.82, 2.24) is 9.88 Å². The van der Waals surface area contributed by atoms with Crippen molar-refractivity contribution in [2.75, 3.05) is 6.54 Å². The normalized spacial score (nSPS) is 17.3. The molecular formula is C19H20N2O3. The number of aromatic nitrogens is 1.